The van der Waals surface area contributed by atoms with Gasteiger partial charge < -0.3 is 10.2 Å². The highest BCUT2D eigenvalue weighted by molar-refractivity contribution is 4.80. The highest BCUT2D eigenvalue weighted by Gasteiger charge is 2.26. The zero-order chi connectivity index (χ0) is 11.4. The van der Waals surface area contributed by atoms with Crippen molar-refractivity contribution in [3.63, 3.8) is 0 Å². The topological polar surface area (TPSA) is 15.3 Å². The molecule has 0 aromatic heterocycles. The van der Waals surface area contributed by atoms with Gasteiger partial charge in [-0.15, -0.1) is 0 Å². The molecule has 94 valence electrons. The largest absolute Gasteiger partial charge is 0.316 e. The molecule has 1 unspecified atom stereocenters. The van der Waals surface area contributed by atoms with Crippen LogP contribution in [0.1, 0.15) is 46.0 Å². The van der Waals surface area contributed by atoms with E-state index in [1.54, 1.807) is 0 Å². The van der Waals surface area contributed by atoms with Crippen LogP contribution in [0.3, 0.4) is 0 Å². The van der Waals surface area contributed by atoms with Crippen molar-refractivity contribution in [2.45, 2.75) is 46.0 Å². The second-order valence-electron chi connectivity index (χ2n) is 6.53. The zero-order valence-corrected chi connectivity index (χ0v) is 11.1. The van der Waals surface area contributed by atoms with Gasteiger partial charge in [0.05, 0.1) is 0 Å². The third kappa shape index (κ3) is 3.74. The van der Waals surface area contributed by atoms with Gasteiger partial charge in [-0.05, 0) is 63.2 Å². The lowest BCUT2D eigenvalue weighted by molar-refractivity contribution is 0.115. The third-order valence-electron chi connectivity index (χ3n) is 4.37. The van der Waals surface area contributed by atoms with Gasteiger partial charge in [0.1, 0.15) is 0 Å². The number of hydrogen-bond donors (Lipinski definition) is 1. The van der Waals surface area contributed by atoms with Gasteiger partial charge in [-0.25, -0.2) is 0 Å². The zero-order valence-electron chi connectivity index (χ0n) is 11.1. The average Bonchev–Trinajstić information content (AvgIpc) is 2.50. The predicted octanol–water partition coefficient (Wildman–Crippen LogP) is 2.50. The van der Waals surface area contributed by atoms with Crippen LogP contribution in [0, 0.1) is 11.3 Å². The quantitative estimate of drug-likeness (QED) is 0.775. The van der Waals surface area contributed by atoms with Crippen LogP contribution in [0.2, 0.25) is 0 Å². The summed E-state index contributed by atoms with van der Waals surface area (Å²) in [6, 6.07) is 0. The molecule has 2 rings (SSSR count). The Bertz CT molecular complexity index is 195. The van der Waals surface area contributed by atoms with Crippen LogP contribution in [0.15, 0.2) is 0 Å². The lowest BCUT2D eigenvalue weighted by Gasteiger charge is -2.38. The molecule has 2 fully saturated rings. The second-order valence-corrected chi connectivity index (χ2v) is 6.53. The average molecular weight is 224 g/mol. The van der Waals surface area contributed by atoms with Crippen LogP contribution >= 0.6 is 0 Å². The smallest absolute Gasteiger partial charge is 0.00218 e. The summed E-state index contributed by atoms with van der Waals surface area (Å²) in [5.74, 6) is 0.906. The molecular formula is C14H28N2. The van der Waals surface area contributed by atoms with E-state index in [1.807, 2.05) is 0 Å². The first-order valence-electron chi connectivity index (χ1n) is 7.09. The molecule has 0 aromatic carbocycles. The first kappa shape index (κ1) is 12.4. The number of nitrogens with one attached hydrogen (secondary N) is 1. The minimum absolute atomic E-state index is 0.595. The van der Waals surface area contributed by atoms with Crippen LogP contribution in [0.25, 0.3) is 0 Å². The summed E-state index contributed by atoms with van der Waals surface area (Å²) in [5, 5.41) is 3.58. The molecule has 0 spiro atoms. The lowest BCUT2D eigenvalue weighted by Crippen LogP contribution is -2.41. The van der Waals surface area contributed by atoms with Gasteiger partial charge in [0.15, 0.2) is 0 Å². The number of rotatable bonds is 2. The van der Waals surface area contributed by atoms with Crippen molar-refractivity contribution < 1.29 is 0 Å². The predicted molar refractivity (Wildman–Crippen MR) is 69.7 cm³/mol. The fourth-order valence-electron chi connectivity index (χ4n) is 2.95. The molecule has 2 heterocycles. The maximum atomic E-state index is 3.58. The number of piperidine rings is 1. The summed E-state index contributed by atoms with van der Waals surface area (Å²) in [7, 11) is 0. The summed E-state index contributed by atoms with van der Waals surface area (Å²) >= 11 is 0. The Hall–Kier alpha value is -0.0800. The van der Waals surface area contributed by atoms with Gasteiger partial charge in [-0.3, -0.25) is 0 Å². The van der Waals surface area contributed by atoms with Gasteiger partial charge >= 0.3 is 0 Å². The number of nitrogens with zero attached hydrogens (tertiary/aromatic N) is 1. The van der Waals surface area contributed by atoms with Crippen molar-refractivity contribution in [2.75, 3.05) is 32.7 Å². The van der Waals surface area contributed by atoms with E-state index in [0.29, 0.717) is 5.41 Å². The van der Waals surface area contributed by atoms with E-state index in [-0.39, 0.29) is 0 Å². The molecule has 0 aliphatic carbocycles. The highest BCUT2D eigenvalue weighted by atomic mass is 15.1. The molecule has 0 radical (unpaired) electrons. The van der Waals surface area contributed by atoms with Crippen molar-refractivity contribution in [1.29, 1.82) is 0 Å². The summed E-state index contributed by atoms with van der Waals surface area (Å²) in [5.41, 5.74) is 0.595. The standard InChI is InChI=1S/C14H28N2/c1-14(2)6-9-16(10-7-14)12-13-5-3-4-8-15-11-13/h13,15H,3-12H2,1-2H3. The van der Waals surface area contributed by atoms with E-state index >= 15 is 0 Å². The number of hydrogen-bond acceptors (Lipinski definition) is 2. The van der Waals surface area contributed by atoms with Gasteiger partial charge in [-0.1, -0.05) is 20.3 Å². The van der Waals surface area contributed by atoms with E-state index in [2.05, 4.69) is 24.1 Å². The fourth-order valence-corrected chi connectivity index (χ4v) is 2.95. The van der Waals surface area contributed by atoms with E-state index in [9.17, 15) is 0 Å². The summed E-state index contributed by atoms with van der Waals surface area (Å²) in [6.45, 7) is 11.3. The minimum Gasteiger partial charge on any atom is -0.316 e. The van der Waals surface area contributed by atoms with Crippen LogP contribution in [-0.4, -0.2) is 37.6 Å². The molecule has 16 heavy (non-hydrogen) atoms. The Morgan fingerprint density at radius 3 is 2.69 bits per heavy atom. The van der Waals surface area contributed by atoms with Gasteiger partial charge in [0, 0.05) is 6.54 Å². The van der Waals surface area contributed by atoms with E-state index in [1.165, 1.54) is 64.8 Å². The first-order chi connectivity index (χ1) is 7.66. The number of likely N-dealkylation sites (tertiary alicyclic amines) is 1. The molecule has 2 aliphatic heterocycles. The summed E-state index contributed by atoms with van der Waals surface area (Å²) in [6.07, 6.45) is 7.01. The molecule has 0 saturated carbocycles. The monoisotopic (exact) mass is 224 g/mol. The lowest BCUT2D eigenvalue weighted by atomic mass is 9.82. The Kier molecular flexibility index (Phi) is 4.26. The van der Waals surface area contributed by atoms with Crippen molar-refractivity contribution in [3.8, 4) is 0 Å². The van der Waals surface area contributed by atoms with Crippen LogP contribution < -0.4 is 5.32 Å². The Morgan fingerprint density at radius 1 is 1.19 bits per heavy atom. The molecule has 1 N–H and O–H groups in total. The SMILES string of the molecule is CC1(C)CCN(CC2CCCCNC2)CC1. The minimum atomic E-state index is 0.595. The molecule has 0 amide bonds. The maximum Gasteiger partial charge on any atom is 0.00218 e. The first-order valence-corrected chi connectivity index (χ1v) is 7.09. The molecule has 0 aromatic rings. The van der Waals surface area contributed by atoms with E-state index in [4.69, 9.17) is 0 Å². The Labute approximate surface area is 101 Å². The van der Waals surface area contributed by atoms with Crippen molar-refractivity contribution in [2.24, 2.45) is 11.3 Å². The molecule has 2 aliphatic rings. The van der Waals surface area contributed by atoms with Gasteiger partial charge in [-0.2, -0.15) is 0 Å². The second kappa shape index (κ2) is 5.50. The summed E-state index contributed by atoms with van der Waals surface area (Å²) < 4.78 is 0. The van der Waals surface area contributed by atoms with Crippen LogP contribution in [0.5, 0.6) is 0 Å². The Morgan fingerprint density at radius 2 is 1.94 bits per heavy atom. The van der Waals surface area contributed by atoms with Gasteiger partial charge in [0.25, 0.3) is 0 Å². The van der Waals surface area contributed by atoms with Crippen molar-refractivity contribution in [1.82, 2.24) is 10.2 Å². The fraction of sp³-hybridized carbons (Fsp3) is 1.00. The van der Waals surface area contributed by atoms with E-state index < -0.39 is 0 Å². The van der Waals surface area contributed by atoms with Crippen LogP contribution in [-0.2, 0) is 0 Å². The van der Waals surface area contributed by atoms with E-state index in [0.717, 1.165) is 5.92 Å². The molecule has 1 atom stereocenters. The van der Waals surface area contributed by atoms with Crippen molar-refractivity contribution >= 4 is 0 Å². The molecule has 2 heteroatoms. The molecule has 2 nitrogen and oxygen atoms in total. The Balaban J connectivity index is 1.73. The highest BCUT2D eigenvalue weighted by Crippen LogP contribution is 2.30. The van der Waals surface area contributed by atoms with Crippen LogP contribution in [0.4, 0.5) is 0 Å². The van der Waals surface area contributed by atoms with Crippen molar-refractivity contribution in [3.05, 3.63) is 0 Å². The third-order valence-corrected chi connectivity index (χ3v) is 4.37. The summed E-state index contributed by atoms with van der Waals surface area (Å²) in [4.78, 5) is 2.70. The molecular weight excluding hydrogens is 196 g/mol. The van der Waals surface area contributed by atoms with Gasteiger partial charge in [0.2, 0.25) is 0 Å². The molecule has 0 bridgehead atoms. The normalized spacial score (nSPS) is 32.2. The molecule has 2 saturated heterocycles. The maximum absolute atomic E-state index is 3.58.